The summed E-state index contributed by atoms with van der Waals surface area (Å²) >= 11 is 0. The van der Waals surface area contributed by atoms with Gasteiger partial charge in [0.25, 0.3) is 0 Å². The Morgan fingerprint density at radius 2 is 1.81 bits per heavy atom. The molecule has 1 aromatic heterocycles. The van der Waals surface area contributed by atoms with Crippen LogP contribution in [0.2, 0.25) is 0 Å². The van der Waals surface area contributed by atoms with E-state index in [1.165, 1.54) is 0 Å². The van der Waals surface area contributed by atoms with Gasteiger partial charge >= 0.3 is 0 Å². The maximum atomic E-state index is 9.85. The number of imidazole rings is 1. The zero-order valence-corrected chi connectivity index (χ0v) is 17.9. The number of benzene rings is 2. The summed E-state index contributed by atoms with van der Waals surface area (Å²) in [6.45, 7) is 2.27. The van der Waals surface area contributed by atoms with Gasteiger partial charge < -0.3 is 29.4 Å². The largest absolute Gasteiger partial charge is 0.485 e. The maximum absolute atomic E-state index is 9.85. The minimum Gasteiger partial charge on any atom is -0.485 e. The van der Waals surface area contributed by atoms with Gasteiger partial charge in [0.15, 0.2) is 0 Å². The highest BCUT2D eigenvalue weighted by Crippen LogP contribution is 2.25. The molecule has 168 valence electrons. The number of rotatable bonds is 8. The predicted octanol–water partition coefficient (Wildman–Crippen LogP) is 2.99. The maximum Gasteiger partial charge on any atom is 0.150 e. The number of hydrogen-bond donors (Lipinski definition) is 3. The molecular formula is C25H28N2O5. The van der Waals surface area contributed by atoms with Crippen LogP contribution in [0.4, 0.5) is 0 Å². The van der Waals surface area contributed by atoms with Crippen molar-refractivity contribution >= 4 is 6.08 Å². The van der Waals surface area contributed by atoms with Gasteiger partial charge in [-0.1, -0.05) is 48.6 Å². The van der Waals surface area contributed by atoms with Gasteiger partial charge in [0.1, 0.15) is 29.9 Å². The third kappa shape index (κ3) is 5.08. The second kappa shape index (κ2) is 10.1. The molecule has 0 radical (unpaired) electrons. The molecule has 4 atom stereocenters. The summed E-state index contributed by atoms with van der Waals surface area (Å²) in [5, 5.41) is 29.4. The van der Waals surface area contributed by atoms with Gasteiger partial charge in [0.05, 0.1) is 25.9 Å². The molecule has 7 nitrogen and oxygen atoms in total. The van der Waals surface area contributed by atoms with Crippen LogP contribution in [-0.4, -0.2) is 56.9 Å². The fourth-order valence-electron chi connectivity index (χ4n) is 3.72. The summed E-state index contributed by atoms with van der Waals surface area (Å²) in [5.74, 6) is 1.22. The van der Waals surface area contributed by atoms with Crippen molar-refractivity contribution in [1.82, 2.24) is 9.55 Å². The molecule has 2 heterocycles. The lowest BCUT2D eigenvalue weighted by Gasteiger charge is -2.16. The molecular weight excluding hydrogens is 408 g/mol. The predicted molar refractivity (Wildman–Crippen MR) is 121 cm³/mol. The van der Waals surface area contributed by atoms with Crippen LogP contribution in [-0.2, 0) is 4.74 Å². The van der Waals surface area contributed by atoms with E-state index in [4.69, 9.17) is 9.47 Å². The Morgan fingerprint density at radius 3 is 2.41 bits per heavy atom. The van der Waals surface area contributed by atoms with Crippen LogP contribution in [0, 0.1) is 0 Å². The number of ether oxygens (including phenoxy) is 2. The summed E-state index contributed by atoms with van der Waals surface area (Å²) in [7, 11) is 0. The van der Waals surface area contributed by atoms with Crippen LogP contribution in [0.5, 0.6) is 5.75 Å². The van der Waals surface area contributed by atoms with Crippen LogP contribution >= 0.6 is 0 Å². The summed E-state index contributed by atoms with van der Waals surface area (Å²) in [4.78, 5) is 4.16. The Labute approximate surface area is 187 Å². The zero-order valence-electron chi connectivity index (χ0n) is 17.9. The minimum absolute atomic E-state index is 0.0942. The SMILES string of the molecule is C[C@H](O)c1nccn1[C@@H](/C=C/c1ccc(-c2ccc(O[C@@H]3COC[C@H]3O)cc2)cc1)CO. The highest BCUT2D eigenvalue weighted by molar-refractivity contribution is 5.66. The van der Waals surface area contributed by atoms with Crippen molar-refractivity contribution in [3.8, 4) is 16.9 Å². The Bertz CT molecular complexity index is 1030. The van der Waals surface area contributed by atoms with Crippen molar-refractivity contribution < 1.29 is 24.8 Å². The number of nitrogens with zero attached hydrogens (tertiary/aromatic N) is 2. The molecule has 4 rings (SSSR count). The van der Waals surface area contributed by atoms with Gasteiger partial charge in [0, 0.05) is 12.4 Å². The lowest BCUT2D eigenvalue weighted by atomic mass is 10.0. The van der Waals surface area contributed by atoms with Crippen molar-refractivity contribution in [2.24, 2.45) is 0 Å². The fourth-order valence-corrected chi connectivity index (χ4v) is 3.72. The molecule has 0 aliphatic carbocycles. The van der Waals surface area contributed by atoms with Crippen molar-refractivity contribution in [2.75, 3.05) is 19.8 Å². The van der Waals surface area contributed by atoms with Crippen molar-refractivity contribution in [2.45, 2.75) is 31.3 Å². The molecule has 3 aromatic rings. The standard InChI is InChI=1S/C25H28N2O5/c1-17(29)25-26-12-13-27(25)21(14-28)9-4-18-2-5-19(6-3-18)20-7-10-22(11-8-20)32-24-16-31-15-23(24)30/h2-13,17,21,23-24,28-30H,14-16H2,1H3/b9-4+/t17-,21-,23+,24+/m0/s1. The van der Waals surface area contributed by atoms with E-state index in [0.29, 0.717) is 24.8 Å². The monoisotopic (exact) mass is 436 g/mol. The van der Waals surface area contributed by atoms with E-state index in [1.54, 1.807) is 23.9 Å². The first-order valence-corrected chi connectivity index (χ1v) is 10.7. The lowest BCUT2D eigenvalue weighted by Crippen LogP contribution is -2.29. The molecule has 7 heteroatoms. The van der Waals surface area contributed by atoms with E-state index in [9.17, 15) is 15.3 Å². The average Bonchev–Trinajstić information content (AvgIpc) is 3.45. The van der Waals surface area contributed by atoms with Crippen LogP contribution < -0.4 is 4.74 Å². The van der Waals surface area contributed by atoms with Gasteiger partial charge in [-0.15, -0.1) is 0 Å². The lowest BCUT2D eigenvalue weighted by molar-refractivity contribution is 0.0733. The Balaban J connectivity index is 1.41. The summed E-state index contributed by atoms with van der Waals surface area (Å²) in [5.41, 5.74) is 3.13. The molecule has 0 bridgehead atoms. The highest BCUT2D eigenvalue weighted by atomic mass is 16.6. The summed E-state index contributed by atoms with van der Waals surface area (Å²) in [6.07, 6.45) is 5.59. The number of hydrogen-bond acceptors (Lipinski definition) is 6. The topological polar surface area (TPSA) is 97.0 Å². The first kappa shape index (κ1) is 22.2. The van der Waals surface area contributed by atoms with Gasteiger partial charge in [0.2, 0.25) is 0 Å². The number of aliphatic hydroxyl groups excluding tert-OH is 3. The molecule has 32 heavy (non-hydrogen) atoms. The second-order valence-corrected chi connectivity index (χ2v) is 7.89. The number of aliphatic hydroxyl groups is 3. The molecule has 1 saturated heterocycles. The van der Waals surface area contributed by atoms with Crippen molar-refractivity contribution in [1.29, 1.82) is 0 Å². The molecule has 0 saturated carbocycles. The summed E-state index contributed by atoms with van der Waals surface area (Å²) in [6, 6.07) is 15.6. The summed E-state index contributed by atoms with van der Waals surface area (Å²) < 4.78 is 12.8. The minimum atomic E-state index is -0.708. The molecule has 3 N–H and O–H groups in total. The Hall–Kier alpha value is -2.97. The van der Waals surface area contributed by atoms with Crippen LogP contribution in [0.1, 0.15) is 30.5 Å². The van der Waals surface area contributed by atoms with Gasteiger partial charge in [-0.05, 0) is 35.7 Å². The van der Waals surface area contributed by atoms with Gasteiger partial charge in [-0.2, -0.15) is 0 Å². The zero-order chi connectivity index (χ0) is 22.5. The second-order valence-electron chi connectivity index (χ2n) is 7.89. The van der Waals surface area contributed by atoms with E-state index in [1.807, 2.05) is 60.7 Å². The molecule has 0 spiro atoms. The van der Waals surface area contributed by atoms with E-state index in [-0.39, 0.29) is 18.8 Å². The van der Waals surface area contributed by atoms with E-state index in [0.717, 1.165) is 16.7 Å². The average molecular weight is 437 g/mol. The van der Waals surface area contributed by atoms with Crippen LogP contribution in [0.25, 0.3) is 17.2 Å². The molecule has 1 fully saturated rings. The van der Waals surface area contributed by atoms with Crippen molar-refractivity contribution in [3.05, 3.63) is 78.4 Å². The molecule has 2 aromatic carbocycles. The van der Waals surface area contributed by atoms with Crippen LogP contribution in [0.15, 0.2) is 67.0 Å². The van der Waals surface area contributed by atoms with Gasteiger partial charge in [-0.3, -0.25) is 0 Å². The Kier molecular flexibility index (Phi) is 7.02. The van der Waals surface area contributed by atoms with Gasteiger partial charge in [-0.25, -0.2) is 4.98 Å². The molecule has 0 unspecified atom stereocenters. The molecule has 0 amide bonds. The molecule has 1 aliphatic heterocycles. The van der Waals surface area contributed by atoms with Crippen LogP contribution in [0.3, 0.4) is 0 Å². The highest BCUT2D eigenvalue weighted by Gasteiger charge is 2.27. The quantitative estimate of drug-likeness (QED) is 0.502. The smallest absolute Gasteiger partial charge is 0.150 e. The first-order chi connectivity index (χ1) is 15.5. The Morgan fingerprint density at radius 1 is 1.12 bits per heavy atom. The number of aromatic nitrogens is 2. The van der Waals surface area contributed by atoms with E-state index in [2.05, 4.69) is 4.98 Å². The third-order valence-corrected chi connectivity index (χ3v) is 5.51. The fraction of sp³-hybridized carbons (Fsp3) is 0.320. The van der Waals surface area contributed by atoms with E-state index >= 15 is 0 Å². The molecule has 1 aliphatic rings. The van der Waals surface area contributed by atoms with Crippen molar-refractivity contribution in [3.63, 3.8) is 0 Å². The third-order valence-electron chi connectivity index (χ3n) is 5.51. The van der Waals surface area contributed by atoms with E-state index < -0.39 is 12.2 Å². The first-order valence-electron chi connectivity index (χ1n) is 10.7. The normalized spacial score (nSPS) is 20.5.